The number of methoxy groups -OCH3 is 1. The van der Waals surface area contributed by atoms with Gasteiger partial charge in [-0.05, 0) is 42.8 Å². The summed E-state index contributed by atoms with van der Waals surface area (Å²) in [6.07, 6.45) is 1.65. The topological polar surface area (TPSA) is 80.8 Å². The van der Waals surface area contributed by atoms with Crippen LogP contribution in [0.15, 0.2) is 30.3 Å². The fraction of sp³-hybridized carbons (Fsp3) is 0.500. The number of halogens is 1. The molecule has 4 rings (SSSR count). The van der Waals surface area contributed by atoms with Gasteiger partial charge in [0.25, 0.3) is 0 Å². The van der Waals surface area contributed by atoms with Gasteiger partial charge < -0.3 is 29.7 Å². The molecule has 2 fully saturated rings. The molecule has 3 heterocycles. The van der Waals surface area contributed by atoms with E-state index in [1.807, 2.05) is 12.1 Å². The molecule has 2 aromatic rings. The van der Waals surface area contributed by atoms with E-state index in [9.17, 15) is 4.39 Å². The Balaban J connectivity index is 1.45. The average Bonchev–Trinajstić information content (AvgIpc) is 2.84. The van der Waals surface area contributed by atoms with E-state index in [1.165, 1.54) is 12.1 Å². The lowest BCUT2D eigenvalue weighted by Gasteiger charge is -2.38. The summed E-state index contributed by atoms with van der Waals surface area (Å²) in [4.78, 5) is 11.1. The zero-order valence-corrected chi connectivity index (χ0v) is 18.9. The molecule has 1 aromatic heterocycles. The molecule has 0 radical (unpaired) electrons. The van der Waals surface area contributed by atoms with Crippen LogP contribution in [0.25, 0.3) is 0 Å². The molecule has 0 saturated carbocycles. The third kappa shape index (κ3) is 5.43. The van der Waals surface area contributed by atoms with E-state index in [4.69, 9.17) is 26.4 Å². The molecule has 2 saturated heterocycles. The SMILES string of the molecule is COc1cc(N2CCOCC2)nc(NC(=S)NCC2(c3ccc(F)cc3)CCOCC2)n1. The Kier molecular flexibility index (Phi) is 7.33. The van der Waals surface area contributed by atoms with Crippen molar-refractivity contribution in [3.8, 4) is 5.88 Å². The summed E-state index contributed by atoms with van der Waals surface area (Å²) >= 11 is 5.54. The van der Waals surface area contributed by atoms with Crippen molar-refractivity contribution in [1.82, 2.24) is 15.3 Å². The van der Waals surface area contributed by atoms with Crippen LogP contribution in [0.2, 0.25) is 0 Å². The van der Waals surface area contributed by atoms with Crippen molar-refractivity contribution in [3.63, 3.8) is 0 Å². The summed E-state index contributed by atoms with van der Waals surface area (Å²) in [5.41, 5.74) is 0.885. The lowest BCUT2D eigenvalue weighted by atomic mass is 9.74. The quantitative estimate of drug-likeness (QED) is 0.631. The standard InChI is InChI=1S/C22H28FN5O3S/c1-29-19-14-18(28-8-12-31-13-9-28)25-20(26-19)27-21(32)24-15-22(6-10-30-11-7-22)16-2-4-17(23)5-3-16/h2-5,14H,6-13,15H2,1H3,(H2,24,25,26,27,32). The van der Waals surface area contributed by atoms with Gasteiger partial charge in [0.2, 0.25) is 11.8 Å². The molecule has 2 N–H and O–H groups in total. The van der Waals surface area contributed by atoms with Gasteiger partial charge >= 0.3 is 0 Å². The van der Waals surface area contributed by atoms with Crippen LogP contribution >= 0.6 is 12.2 Å². The predicted octanol–water partition coefficient (Wildman–Crippen LogP) is 2.50. The molecule has 0 aliphatic carbocycles. The van der Waals surface area contributed by atoms with Crippen molar-refractivity contribution in [2.45, 2.75) is 18.3 Å². The molecule has 0 amide bonds. The highest BCUT2D eigenvalue weighted by Crippen LogP contribution is 2.34. The molecule has 8 nitrogen and oxygen atoms in total. The molecule has 2 aliphatic heterocycles. The minimum atomic E-state index is -0.243. The summed E-state index contributed by atoms with van der Waals surface area (Å²) in [5.74, 6) is 1.34. The Morgan fingerprint density at radius 2 is 1.81 bits per heavy atom. The van der Waals surface area contributed by atoms with Crippen LogP contribution in [0, 0.1) is 5.82 Å². The minimum absolute atomic E-state index is 0.189. The Labute approximate surface area is 192 Å². The fourth-order valence-electron chi connectivity index (χ4n) is 4.06. The second-order valence-corrected chi connectivity index (χ2v) is 8.31. The zero-order valence-electron chi connectivity index (χ0n) is 18.1. The van der Waals surface area contributed by atoms with Gasteiger partial charge in [-0.15, -0.1) is 0 Å². The lowest BCUT2D eigenvalue weighted by molar-refractivity contribution is 0.0515. The molecule has 10 heteroatoms. The van der Waals surface area contributed by atoms with E-state index >= 15 is 0 Å². The highest BCUT2D eigenvalue weighted by atomic mass is 32.1. The number of hydrogen-bond donors (Lipinski definition) is 2. The number of aromatic nitrogens is 2. The molecule has 1 aromatic carbocycles. The van der Waals surface area contributed by atoms with Crippen molar-refractivity contribution in [2.24, 2.45) is 0 Å². The first-order chi connectivity index (χ1) is 15.6. The highest BCUT2D eigenvalue weighted by Gasteiger charge is 2.34. The second kappa shape index (κ2) is 10.4. The number of nitrogens with zero attached hydrogens (tertiary/aromatic N) is 3. The molecule has 32 heavy (non-hydrogen) atoms. The summed E-state index contributed by atoms with van der Waals surface area (Å²) in [5, 5.41) is 6.81. The number of ether oxygens (including phenoxy) is 3. The van der Waals surface area contributed by atoms with Crippen molar-refractivity contribution >= 4 is 29.1 Å². The number of hydrogen-bond acceptors (Lipinski definition) is 7. The molecule has 0 atom stereocenters. The minimum Gasteiger partial charge on any atom is -0.481 e. The van der Waals surface area contributed by atoms with E-state index in [0.717, 1.165) is 37.3 Å². The largest absolute Gasteiger partial charge is 0.481 e. The Hall–Kier alpha value is -2.56. The monoisotopic (exact) mass is 461 g/mol. The van der Waals surface area contributed by atoms with Crippen LogP contribution in [0.3, 0.4) is 0 Å². The molecule has 0 bridgehead atoms. The number of thiocarbonyl (C=S) groups is 1. The summed E-state index contributed by atoms with van der Waals surface area (Å²) in [6.45, 7) is 4.72. The molecule has 0 unspecified atom stereocenters. The molecule has 0 spiro atoms. The number of nitrogens with one attached hydrogen (secondary N) is 2. The van der Waals surface area contributed by atoms with Crippen LogP contribution in [-0.4, -0.2) is 68.3 Å². The predicted molar refractivity (Wildman–Crippen MR) is 124 cm³/mol. The maximum Gasteiger partial charge on any atom is 0.234 e. The Morgan fingerprint density at radius 1 is 1.12 bits per heavy atom. The molecular formula is C22H28FN5O3S. The second-order valence-electron chi connectivity index (χ2n) is 7.90. The third-order valence-corrected chi connectivity index (χ3v) is 6.20. The zero-order chi connectivity index (χ0) is 22.4. The van der Waals surface area contributed by atoms with Crippen molar-refractivity contribution in [2.75, 3.05) is 63.4 Å². The smallest absolute Gasteiger partial charge is 0.234 e. The third-order valence-electron chi connectivity index (χ3n) is 5.95. The summed E-state index contributed by atoms with van der Waals surface area (Å²) < 4.78 is 29.8. The van der Waals surface area contributed by atoms with E-state index in [0.29, 0.717) is 49.9 Å². The van der Waals surface area contributed by atoms with Gasteiger partial charge in [-0.1, -0.05) is 12.1 Å². The van der Waals surface area contributed by atoms with Crippen LogP contribution in [0.1, 0.15) is 18.4 Å². The van der Waals surface area contributed by atoms with Crippen molar-refractivity contribution < 1.29 is 18.6 Å². The normalized spacial score (nSPS) is 18.1. The first kappa shape index (κ1) is 22.6. The maximum absolute atomic E-state index is 13.5. The number of benzene rings is 1. The van der Waals surface area contributed by atoms with Crippen LogP contribution < -0.4 is 20.3 Å². The Morgan fingerprint density at radius 3 is 2.50 bits per heavy atom. The van der Waals surface area contributed by atoms with Crippen molar-refractivity contribution in [3.05, 3.63) is 41.7 Å². The van der Waals surface area contributed by atoms with Gasteiger partial charge in [0.15, 0.2) is 5.11 Å². The highest BCUT2D eigenvalue weighted by molar-refractivity contribution is 7.80. The maximum atomic E-state index is 13.5. The first-order valence-electron chi connectivity index (χ1n) is 10.7. The number of anilines is 2. The Bertz CT molecular complexity index is 918. The number of rotatable bonds is 6. The van der Waals surface area contributed by atoms with Crippen molar-refractivity contribution in [1.29, 1.82) is 0 Å². The number of morpholine rings is 1. The molecule has 2 aliphatic rings. The molecule has 172 valence electrons. The fourth-order valence-corrected chi connectivity index (χ4v) is 4.22. The molecular weight excluding hydrogens is 433 g/mol. The van der Waals surface area contributed by atoms with Gasteiger partial charge in [-0.25, -0.2) is 4.39 Å². The van der Waals surface area contributed by atoms with E-state index in [-0.39, 0.29) is 11.2 Å². The van der Waals surface area contributed by atoms with Crippen LogP contribution in [0.5, 0.6) is 5.88 Å². The van der Waals surface area contributed by atoms with Gasteiger partial charge in [-0.3, -0.25) is 0 Å². The average molecular weight is 462 g/mol. The first-order valence-corrected chi connectivity index (χ1v) is 11.1. The van der Waals surface area contributed by atoms with Gasteiger partial charge in [0, 0.05) is 44.3 Å². The van der Waals surface area contributed by atoms with E-state index < -0.39 is 0 Å². The van der Waals surface area contributed by atoms with Gasteiger partial charge in [0.05, 0.1) is 20.3 Å². The van der Waals surface area contributed by atoms with Gasteiger partial charge in [-0.2, -0.15) is 9.97 Å². The van der Waals surface area contributed by atoms with E-state index in [1.54, 1.807) is 13.2 Å². The van der Waals surface area contributed by atoms with E-state index in [2.05, 4.69) is 25.5 Å². The van der Waals surface area contributed by atoms with Crippen LogP contribution in [-0.2, 0) is 14.9 Å². The summed E-state index contributed by atoms with van der Waals surface area (Å²) in [6, 6.07) is 8.50. The van der Waals surface area contributed by atoms with Crippen LogP contribution in [0.4, 0.5) is 16.2 Å². The summed E-state index contributed by atoms with van der Waals surface area (Å²) in [7, 11) is 1.57. The lowest BCUT2D eigenvalue weighted by Crippen LogP contribution is -2.45. The van der Waals surface area contributed by atoms with Gasteiger partial charge in [0.1, 0.15) is 11.6 Å².